The van der Waals surface area contributed by atoms with Crippen molar-refractivity contribution in [2.75, 3.05) is 37.9 Å². The van der Waals surface area contributed by atoms with E-state index in [1.807, 2.05) is 44.9 Å². The summed E-state index contributed by atoms with van der Waals surface area (Å²) in [6.07, 6.45) is 9.11. The fraction of sp³-hybridized carbons (Fsp3) is 0.562. The SMILES string of the molecule is CN(C)C(=O)c1cc2cnc(Nc3ccc(N4CCC5(C(=O)OC(C)(C)C)CC(CC4=O)N5C)cn3)nc2n1C1CCCC1. The number of anilines is 3. The highest BCUT2D eigenvalue weighted by atomic mass is 16.6. The molecule has 12 heteroatoms. The van der Waals surface area contributed by atoms with Gasteiger partial charge in [-0.2, -0.15) is 4.98 Å². The molecule has 3 saturated heterocycles. The van der Waals surface area contributed by atoms with Crippen molar-refractivity contribution < 1.29 is 19.1 Å². The molecule has 1 N–H and O–H groups in total. The first-order valence-corrected chi connectivity index (χ1v) is 15.5. The summed E-state index contributed by atoms with van der Waals surface area (Å²) in [5, 5.41) is 4.01. The fourth-order valence-electron chi connectivity index (χ4n) is 6.83. The lowest BCUT2D eigenvalue weighted by Gasteiger charge is -2.57. The Hall–Kier alpha value is -4.06. The van der Waals surface area contributed by atoms with Gasteiger partial charge in [0.1, 0.15) is 28.3 Å². The first kappa shape index (κ1) is 30.0. The molecule has 44 heavy (non-hydrogen) atoms. The predicted molar refractivity (Wildman–Crippen MR) is 167 cm³/mol. The first-order chi connectivity index (χ1) is 20.9. The maximum Gasteiger partial charge on any atom is 0.327 e. The molecule has 0 aromatic carbocycles. The summed E-state index contributed by atoms with van der Waals surface area (Å²) in [6.45, 7) is 6.00. The number of aromatic nitrogens is 4. The van der Waals surface area contributed by atoms with Crippen LogP contribution in [0.25, 0.3) is 11.0 Å². The third-order valence-electron chi connectivity index (χ3n) is 9.23. The van der Waals surface area contributed by atoms with Gasteiger partial charge in [0.25, 0.3) is 5.91 Å². The molecule has 6 heterocycles. The molecule has 0 spiro atoms. The number of hydrogen-bond donors (Lipinski definition) is 1. The molecule has 2 unspecified atom stereocenters. The number of carbonyl (C=O) groups is 3. The van der Waals surface area contributed by atoms with Crippen molar-refractivity contribution in [3.63, 3.8) is 0 Å². The van der Waals surface area contributed by atoms with Gasteiger partial charge in [0, 0.05) is 50.7 Å². The van der Waals surface area contributed by atoms with Crippen molar-refractivity contribution in [1.29, 1.82) is 0 Å². The lowest BCUT2D eigenvalue weighted by atomic mass is 9.73. The molecule has 4 aliphatic rings. The summed E-state index contributed by atoms with van der Waals surface area (Å²) in [4.78, 5) is 58.7. The molecule has 1 aliphatic carbocycles. The van der Waals surface area contributed by atoms with Crippen LogP contribution in [-0.4, -0.2) is 92.0 Å². The predicted octanol–water partition coefficient (Wildman–Crippen LogP) is 4.30. The molecule has 4 fully saturated rings. The highest BCUT2D eigenvalue weighted by Gasteiger charge is 2.58. The van der Waals surface area contributed by atoms with E-state index in [1.165, 1.54) is 0 Å². The number of fused-ring (bicyclic) bond motifs is 5. The summed E-state index contributed by atoms with van der Waals surface area (Å²) in [7, 11) is 5.43. The number of nitrogens with zero attached hydrogens (tertiary/aromatic N) is 7. The van der Waals surface area contributed by atoms with Gasteiger partial charge in [0.15, 0.2) is 0 Å². The number of carbonyl (C=O) groups excluding carboxylic acids is 3. The zero-order valence-electron chi connectivity index (χ0n) is 26.5. The minimum atomic E-state index is -0.727. The van der Waals surface area contributed by atoms with Crippen LogP contribution in [0.3, 0.4) is 0 Å². The molecule has 3 aromatic rings. The van der Waals surface area contributed by atoms with Crippen molar-refractivity contribution in [3.8, 4) is 0 Å². The smallest absolute Gasteiger partial charge is 0.327 e. The van der Waals surface area contributed by atoms with Crippen LogP contribution in [0.5, 0.6) is 0 Å². The summed E-state index contributed by atoms with van der Waals surface area (Å²) < 4.78 is 7.85. The average Bonchev–Trinajstić information content (AvgIpc) is 3.61. The van der Waals surface area contributed by atoms with E-state index >= 15 is 0 Å². The highest BCUT2D eigenvalue weighted by Crippen LogP contribution is 2.44. The normalized spacial score (nSPS) is 22.8. The molecular formula is C32H42N8O4. The Kier molecular flexibility index (Phi) is 7.59. The third kappa shape index (κ3) is 5.40. The molecule has 7 rings (SSSR count). The minimum absolute atomic E-state index is 0.00417. The van der Waals surface area contributed by atoms with Gasteiger partial charge < -0.3 is 24.4 Å². The van der Waals surface area contributed by atoms with Crippen LogP contribution in [0.1, 0.15) is 82.2 Å². The largest absolute Gasteiger partial charge is 0.459 e. The van der Waals surface area contributed by atoms with Crippen LogP contribution in [-0.2, 0) is 14.3 Å². The molecule has 0 radical (unpaired) electrons. The second-order valence-electron chi connectivity index (χ2n) is 13.5. The van der Waals surface area contributed by atoms with Gasteiger partial charge in [0.2, 0.25) is 11.9 Å². The number of pyridine rings is 1. The zero-order valence-corrected chi connectivity index (χ0v) is 26.5. The Morgan fingerprint density at radius 3 is 2.48 bits per heavy atom. The highest BCUT2D eigenvalue weighted by molar-refractivity contribution is 5.98. The summed E-state index contributed by atoms with van der Waals surface area (Å²) >= 11 is 0. The maximum absolute atomic E-state index is 13.3. The van der Waals surface area contributed by atoms with Gasteiger partial charge in [-0.15, -0.1) is 0 Å². The molecule has 3 aromatic heterocycles. The van der Waals surface area contributed by atoms with Crippen LogP contribution in [0.4, 0.5) is 17.5 Å². The number of amides is 2. The van der Waals surface area contributed by atoms with Gasteiger partial charge >= 0.3 is 5.97 Å². The zero-order chi connectivity index (χ0) is 31.4. The number of ether oxygens (including phenoxy) is 1. The first-order valence-electron chi connectivity index (χ1n) is 15.5. The van der Waals surface area contributed by atoms with E-state index in [-0.39, 0.29) is 29.9 Å². The lowest BCUT2D eigenvalue weighted by Crippen LogP contribution is -2.71. The van der Waals surface area contributed by atoms with Crippen LogP contribution in [0.15, 0.2) is 30.6 Å². The molecule has 2 bridgehead atoms. The van der Waals surface area contributed by atoms with Gasteiger partial charge in [-0.05, 0) is 71.7 Å². The minimum Gasteiger partial charge on any atom is -0.459 e. The van der Waals surface area contributed by atoms with Crippen LogP contribution >= 0.6 is 0 Å². The van der Waals surface area contributed by atoms with Gasteiger partial charge in [0.05, 0.1) is 11.9 Å². The number of rotatable bonds is 6. The van der Waals surface area contributed by atoms with Gasteiger partial charge in [-0.3, -0.25) is 19.3 Å². The second kappa shape index (κ2) is 11.1. The summed E-state index contributed by atoms with van der Waals surface area (Å²) in [6, 6.07) is 5.74. The van der Waals surface area contributed by atoms with E-state index in [9.17, 15) is 14.4 Å². The summed E-state index contributed by atoms with van der Waals surface area (Å²) in [5.74, 6) is 0.630. The Morgan fingerprint density at radius 2 is 1.84 bits per heavy atom. The lowest BCUT2D eigenvalue weighted by molar-refractivity contribution is -0.187. The van der Waals surface area contributed by atoms with Crippen LogP contribution in [0.2, 0.25) is 0 Å². The van der Waals surface area contributed by atoms with Crippen LogP contribution in [0, 0.1) is 0 Å². The van der Waals surface area contributed by atoms with Crippen molar-refractivity contribution in [2.45, 2.75) is 88.9 Å². The van der Waals surface area contributed by atoms with Gasteiger partial charge in [-0.1, -0.05) is 12.8 Å². The molecule has 3 aliphatic heterocycles. The average molecular weight is 603 g/mol. The molecule has 1 saturated carbocycles. The van der Waals surface area contributed by atoms with E-state index in [4.69, 9.17) is 9.72 Å². The summed E-state index contributed by atoms with van der Waals surface area (Å²) in [5.41, 5.74) is 0.713. The van der Waals surface area contributed by atoms with Crippen molar-refractivity contribution >= 4 is 46.3 Å². The number of esters is 1. The number of nitrogens with one attached hydrogen (secondary N) is 1. The van der Waals surface area contributed by atoms with E-state index in [0.29, 0.717) is 49.0 Å². The number of likely N-dealkylation sites (N-methyl/N-ethyl adjacent to an activating group) is 1. The second-order valence-corrected chi connectivity index (χ2v) is 13.5. The molecule has 12 nitrogen and oxygen atoms in total. The quantitative estimate of drug-likeness (QED) is 0.411. The molecule has 234 valence electrons. The van der Waals surface area contributed by atoms with Crippen molar-refractivity contribution in [2.24, 2.45) is 0 Å². The van der Waals surface area contributed by atoms with Crippen molar-refractivity contribution in [1.82, 2.24) is 29.3 Å². The topological polar surface area (TPSA) is 126 Å². The van der Waals surface area contributed by atoms with E-state index in [2.05, 4.69) is 19.9 Å². The number of hydrogen-bond acceptors (Lipinski definition) is 9. The van der Waals surface area contributed by atoms with Gasteiger partial charge in [-0.25, -0.2) is 9.97 Å². The van der Waals surface area contributed by atoms with E-state index < -0.39 is 11.1 Å². The Labute approximate surface area is 257 Å². The Morgan fingerprint density at radius 1 is 1.09 bits per heavy atom. The standard InChI is InChI=1S/C32H42N8O4/c1-31(2,3)44-29(43)32-13-14-39(26(41)16-23(17-32)38(32)6)22-11-12-25(33-19-22)35-30-34-18-20-15-24(28(42)37(4)5)40(27(20)36-30)21-9-7-8-10-21/h11-12,15,18-19,21,23H,7-10,13-14,16-17H2,1-6H3,(H,33,34,35,36). The Bertz CT molecular complexity index is 1590. The monoisotopic (exact) mass is 602 g/mol. The van der Waals surface area contributed by atoms with E-state index in [0.717, 1.165) is 36.7 Å². The van der Waals surface area contributed by atoms with Crippen LogP contribution < -0.4 is 10.2 Å². The molecule has 2 atom stereocenters. The molecular weight excluding hydrogens is 560 g/mol. The molecule has 2 amide bonds. The van der Waals surface area contributed by atoms with Crippen molar-refractivity contribution in [3.05, 3.63) is 36.3 Å². The third-order valence-corrected chi connectivity index (χ3v) is 9.23. The maximum atomic E-state index is 13.3. The Balaban J connectivity index is 1.21. The fourth-order valence-corrected chi connectivity index (χ4v) is 6.83. The van der Waals surface area contributed by atoms with E-state index in [1.54, 1.807) is 42.4 Å².